The molecule has 0 aliphatic heterocycles. The van der Waals surface area contributed by atoms with E-state index < -0.39 is 25.5 Å². The van der Waals surface area contributed by atoms with E-state index in [-0.39, 0.29) is 22.2 Å². The number of carbonyl (C=O) groups excluding carboxylic acids is 1. The number of nitrogens with one attached hydrogen (secondary N) is 2. The molecule has 0 heterocycles. The molecule has 0 aliphatic rings. The third-order valence-electron chi connectivity index (χ3n) is 3.19. The van der Waals surface area contributed by atoms with Crippen LogP contribution in [0.5, 0.6) is 0 Å². The van der Waals surface area contributed by atoms with Gasteiger partial charge in [-0.05, 0) is 30.7 Å². The molecule has 0 aliphatic carbocycles. The second-order valence-corrected chi connectivity index (χ2v) is 7.19. The maximum atomic E-state index is 12.6. The van der Waals surface area contributed by atoms with Gasteiger partial charge >= 0.3 is 0 Å². The monoisotopic (exact) mass is 383 g/mol. The van der Waals surface area contributed by atoms with E-state index in [1.54, 1.807) is 0 Å². The van der Waals surface area contributed by atoms with Crippen molar-refractivity contribution in [2.75, 3.05) is 10.0 Å². The number of anilines is 2. The number of hydrogen-bond donors (Lipinski definition) is 2. The predicted octanol–water partition coefficient (Wildman–Crippen LogP) is 3.32. The van der Waals surface area contributed by atoms with Crippen LogP contribution in [-0.4, -0.2) is 19.2 Å². The lowest BCUT2D eigenvalue weighted by molar-refractivity contribution is -0.387. The van der Waals surface area contributed by atoms with Gasteiger partial charge in [0.15, 0.2) is 4.90 Å². The Kier molecular flexibility index (Phi) is 5.29. The van der Waals surface area contributed by atoms with E-state index in [0.717, 1.165) is 6.07 Å². The van der Waals surface area contributed by atoms with Crippen LogP contribution >= 0.6 is 11.6 Å². The molecule has 0 radical (unpaired) electrons. The molecule has 2 aromatic carbocycles. The summed E-state index contributed by atoms with van der Waals surface area (Å²) in [5.41, 5.74) is 0.127. The minimum atomic E-state index is -4.24. The Hall–Kier alpha value is -2.65. The molecular formula is C15H14ClN3O5S. The van der Waals surface area contributed by atoms with Crippen molar-refractivity contribution in [3.8, 4) is 0 Å². The fourth-order valence-electron chi connectivity index (χ4n) is 2.21. The summed E-state index contributed by atoms with van der Waals surface area (Å²) in [5.74, 6) is -0.306. The van der Waals surface area contributed by atoms with Gasteiger partial charge in [0.1, 0.15) is 0 Å². The van der Waals surface area contributed by atoms with Gasteiger partial charge in [-0.1, -0.05) is 23.7 Å². The number of hydrogen-bond acceptors (Lipinski definition) is 5. The molecule has 0 saturated carbocycles. The second kappa shape index (κ2) is 7.08. The van der Waals surface area contributed by atoms with Gasteiger partial charge in [0.2, 0.25) is 5.91 Å². The lowest BCUT2D eigenvalue weighted by Crippen LogP contribution is -2.16. The van der Waals surface area contributed by atoms with Crippen LogP contribution in [0.15, 0.2) is 41.3 Å². The van der Waals surface area contributed by atoms with E-state index in [4.69, 9.17) is 11.6 Å². The highest BCUT2D eigenvalue weighted by atomic mass is 35.5. The normalized spacial score (nSPS) is 11.0. The molecule has 2 rings (SSSR count). The molecule has 0 fully saturated rings. The quantitative estimate of drug-likeness (QED) is 0.606. The van der Waals surface area contributed by atoms with Crippen molar-refractivity contribution < 1.29 is 18.1 Å². The van der Waals surface area contributed by atoms with E-state index in [1.807, 2.05) is 0 Å². The number of aryl methyl sites for hydroxylation is 1. The number of rotatable bonds is 5. The lowest BCUT2D eigenvalue weighted by atomic mass is 10.2. The van der Waals surface area contributed by atoms with E-state index in [2.05, 4.69) is 10.0 Å². The molecule has 1 amide bonds. The van der Waals surface area contributed by atoms with Gasteiger partial charge in [0, 0.05) is 18.7 Å². The fourth-order valence-corrected chi connectivity index (χ4v) is 3.97. The standard InChI is InChI=1S/C15H14ClN3O5S/c1-9-4-3-5-14(19(21)22)15(9)25(23,24)18-13-7-6-11(8-12(13)16)17-10(2)20/h3-8,18H,1-2H3,(H,17,20). The van der Waals surface area contributed by atoms with Crippen molar-refractivity contribution in [3.63, 3.8) is 0 Å². The van der Waals surface area contributed by atoms with Crippen molar-refractivity contribution in [2.24, 2.45) is 0 Å². The third kappa shape index (κ3) is 4.25. The number of carbonyl (C=O) groups is 1. The van der Waals surface area contributed by atoms with Gasteiger partial charge in [0.05, 0.1) is 15.6 Å². The van der Waals surface area contributed by atoms with Crippen molar-refractivity contribution in [1.29, 1.82) is 0 Å². The number of benzene rings is 2. The zero-order valence-electron chi connectivity index (χ0n) is 13.2. The first-order valence-electron chi connectivity index (χ1n) is 6.96. The maximum Gasteiger partial charge on any atom is 0.290 e. The van der Waals surface area contributed by atoms with Gasteiger partial charge in [0.25, 0.3) is 15.7 Å². The van der Waals surface area contributed by atoms with Gasteiger partial charge in [-0.25, -0.2) is 8.42 Å². The average molecular weight is 384 g/mol. The van der Waals surface area contributed by atoms with Crippen LogP contribution in [0.25, 0.3) is 0 Å². The molecular weight excluding hydrogens is 370 g/mol. The lowest BCUT2D eigenvalue weighted by Gasteiger charge is -2.12. The molecule has 0 saturated heterocycles. The SMILES string of the molecule is CC(=O)Nc1ccc(NS(=O)(=O)c2c(C)cccc2[N+](=O)[O-])c(Cl)c1. The smallest absolute Gasteiger partial charge is 0.290 e. The van der Waals surface area contributed by atoms with E-state index in [9.17, 15) is 23.3 Å². The Balaban J connectivity index is 2.44. The Morgan fingerprint density at radius 2 is 1.92 bits per heavy atom. The summed E-state index contributed by atoms with van der Waals surface area (Å²) in [5, 5.41) is 13.7. The van der Waals surface area contributed by atoms with E-state index in [0.29, 0.717) is 5.69 Å². The van der Waals surface area contributed by atoms with Crippen molar-refractivity contribution >= 4 is 44.6 Å². The first kappa shape index (κ1) is 18.7. The summed E-state index contributed by atoms with van der Waals surface area (Å²) in [6.45, 7) is 2.78. The second-order valence-electron chi connectivity index (χ2n) is 5.16. The summed E-state index contributed by atoms with van der Waals surface area (Å²) >= 11 is 6.04. The Morgan fingerprint density at radius 3 is 2.48 bits per heavy atom. The largest absolute Gasteiger partial charge is 0.326 e. The molecule has 0 bridgehead atoms. The molecule has 0 unspecified atom stereocenters. The van der Waals surface area contributed by atoms with Crippen molar-refractivity contribution in [2.45, 2.75) is 18.7 Å². The molecule has 2 N–H and O–H groups in total. The maximum absolute atomic E-state index is 12.6. The highest BCUT2D eigenvalue weighted by molar-refractivity contribution is 7.93. The topological polar surface area (TPSA) is 118 Å². The first-order valence-corrected chi connectivity index (χ1v) is 8.82. The third-order valence-corrected chi connectivity index (χ3v) is 5.06. The van der Waals surface area contributed by atoms with Gasteiger partial charge in [-0.2, -0.15) is 0 Å². The zero-order valence-corrected chi connectivity index (χ0v) is 14.8. The summed E-state index contributed by atoms with van der Waals surface area (Å²) < 4.78 is 27.5. The van der Waals surface area contributed by atoms with Crippen LogP contribution in [-0.2, 0) is 14.8 Å². The Labute approximate surface area is 149 Å². The summed E-state index contributed by atoms with van der Waals surface area (Å²) in [7, 11) is -4.24. The number of sulfonamides is 1. The van der Waals surface area contributed by atoms with Crippen LogP contribution in [0.3, 0.4) is 0 Å². The summed E-state index contributed by atoms with van der Waals surface area (Å²) in [4.78, 5) is 21.0. The van der Waals surface area contributed by atoms with Crippen LogP contribution < -0.4 is 10.0 Å². The molecule has 0 spiro atoms. The number of amides is 1. The Bertz CT molecular complexity index is 960. The van der Waals surface area contributed by atoms with Gasteiger partial charge in [-0.15, -0.1) is 0 Å². The minimum absolute atomic E-state index is 0.0334. The molecule has 2 aromatic rings. The van der Waals surface area contributed by atoms with E-state index in [1.165, 1.54) is 44.2 Å². The summed E-state index contributed by atoms with van der Waals surface area (Å²) in [6.07, 6.45) is 0. The number of nitro groups is 1. The average Bonchev–Trinajstić information content (AvgIpc) is 2.48. The van der Waals surface area contributed by atoms with E-state index >= 15 is 0 Å². The van der Waals surface area contributed by atoms with Crippen molar-refractivity contribution in [1.82, 2.24) is 0 Å². The van der Waals surface area contributed by atoms with Gasteiger partial charge < -0.3 is 5.32 Å². The predicted molar refractivity (Wildman–Crippen MR) is 94.4 cm³/mol. The zero-order chi connectivity index (χ0) is 18.8. The highest BCUT2D eigenvalue weighted by Crippen LogP contribution is 2.32. The molecule has 10 heteroatoms. The van der Waals surface area contributed by atoms with Crippen LogP contribution in [0.2, 0.25) is 5.02 Å². The number of nitro benzene ring substituents is 1. The van der Waals surface area contributed by atoms with Crippen LogP contribution in [0.4, 0.5) is 17.1 Å². The summed E-state index contributed by atoms with van der Waals surface area (Å²) in [6, 6.07) is 8.16. The molecule has 0 atom stereocenters. The van der Waals surface area contributed by atoms with Crippen LogP contribution in [0.1, 0.15) is 12.5 Å². The fraction of sp³-hybridized carbons (Fsp3) is 0.133. The molecule has 25 heavy (non-hydrogen) atoms. The molecule has 8 nitrogen and oxygen atoms in total. The molecule has 132 valence electrons. The number of halogens is 1. The van der Waals surface area contributed by atoms with Crippen molar-refractivity contribution in [3.05, 3.63) is 57.1 Å². The van der Waals surface area contributed by atoms with Crippen LogP contribution in [0, 0.1) is 17.0 Å². The minimum Gasteiger partial charge on any atom is -0.326 e. The first-order chi connectivity index (χ1) is 11.6. The number of nitrogens with zero attached hydrogens (tertiary/aromatic N) is 1. The highest BCUT2D eigenvalue weighted by Gasteiger charge is 2.28. The Morgan fingerprint density at radius 1 is 1.24 bits per heavy atom. The molecule has 0 aromatic heterocycles. The van der Waals surface area contributed by atoms with Gasteiger partial charge in [-0.3, -0.25) is 19.6 Å².